The predicted molar refractivity (Wildman–Crippen MR) is 104 cm³/mol. The molecule has 1 atom stereocenters. The second kappa shape index (κ2) is 7.67. The maximum absolute atomic E-state index is 13.1. The molecule has 142 valence electrons. The molecule has 0 spiro atoms. The summed E-state index contributed by atoms with van der Waals surface area (Å²) in [5, 5.41) is 0. The number of nitrogens with one attached hydrogen (secondary N) is 1. The lowest BCUT2D eigenvalue weighted by molar-refractivity contribution is -0.554. The first-order valence-electron chi connectivity index (χ1n) is 9.11. The van der Waals surface area contributed by atoms with Crippen molar-refractivity contribution in [2.24, 2.45) is 0 Å². The van der Waals surface area contributed by atoms with Gasteiger partial charge in [-0.05, 0) is 43.2 Å². The quantitative estimate of drug-likeness (QED) is 0.538. The molecule has 1 aliphatic rings. The lowest BCUT2D eigenvalue weighted by Gasteiger charge is -2.18. The number of aryl methyl sites for hydroxylation is 1. The average molecular weight is 379 g/mol. The first kappa shape index (κ1) is 18.0. The minimum Gasteiger partial charge on any atom is -0.293 e. The standard InChI is InChI=1S/C20H20FN6O/c1-14-7-8-16(11-17(14)20-23-12-15(21)13-24-20)25-27(28)19-6-4-10-26(19)18-5-2-3-9-22-18/h2-3,5,7-9,11-13,19H,4,6,10H2,1H3,(H,25,28)/q+1/t19-/m1/s1. The van der Waals surface area contributed by atoms with Gasteiger partial charge in [0.05, 0.1) is 17.3 Å². The van der Waals surface area contributed by atoms with Crippen molar-refractivity contribution in [2.75, 3.05) is 16.9 Å². The Morgan fingerprint density at radius 2 is 2.00 bits per heavy atom. The lowest BCUT2D eigenvalue weighted by Crippen LogP contribution is -2.40. The fourth-order valence-electron chi connectivity index (χ4n) is 3.37. The van der Waals surface area contributed by atoms with E-state index in [0.29, 0.717) is 11.5 Å². The van der Waals surface area contributed by atoms with Gasteiger partial charge in [-0.1, -0.05) is 12.1 Å². The molecule has 3 heterocycles. The van der Waals surface area contributed by atoms with Crippen molar-refractivity contribution in [1.82, 2.24) is 15.0 Å². The van der Waals surface area contributed by atoms with Crippen molar-refractivity contribution in [1.29, 1.82) is 0 Å². The van der Waals surface area contributed by atoms with Crippen LogP contribution in [0.25, 0.3) is 11.4 Å². The van der Waals surface area contributed by atoms with Gasteiger partial charge in [-0.3, -0.25) is 4.90 Å². The lowest BCUT2D eigenvalue weighted by atomic mass is 10.1. The molecule has 28 heavy (non-hydrogen) atoms. The predicted octanol–water partition coefficient (Wildman–Crippen LogP) is 3.72. The second-order valence-corrected chi connectivity index (χ2v) is 6.70. The van der Waals surface area contributed by atoms with Gasteiger partial charge < -0.3 is 0 Å². The zero-order valence-electron chi connectivity index (χ0n) is 15.4. The van der Waals surface area contributed by atoms with Crippen molar-refractivity contribution in [3.05, 3.63) is 71.3 Å². The second-order valence-electron chi connectivity index (χ2n) is 6.70. The third-order valence-corrected chi connectivity index (χ3v) is 4.77. The molecule has 8 heteroatoms. The molecule has 1 fully saturated rings. The maximum atomic E-state index is 13.1. The van der Waals surface area contributed by atoms with Gasteiger partial charge in [0.2, 0.25) is 0 Å². The fourth-order valence-corrected chi connectivity index (χ4v) is 3.37. The van der Waals surface area contributed by atoms with E-state index in [1.54, 1.807) is 12.3 Å². The Balaban J connectivity index is 1.55. The Kier molecular flexibility index (Phi) is 4.92. The van der Waals surface area contributed by atoms with Crippen LogP contribution >= 0.6 is 0 Å². The number of nitroso groups, excluding NO2 is 1. The highest BCUT2D eigenvalue weighted by Gasteiger charge is 2.38. The van der Waals surface area contributed by atoms with Crippen LogP contribution in [0, 0.1) is 17.6 Å². The number of aromatic nitrogens is 3. The van der Waals surface area contributed by atoms with Gasteiger partial charge in [-0.25, -0.2) is 19.3 Å². The van der Waals surface area contributed by atoms with Gasteiger partial charge in [0.15, 0.2) is 11.6 Å². The summed E-state index contributed by atoms with van der Waals surface area (Å²) in [5.74, 6) is 0.713. The molecule has 1 N–H and O–H groups in total. The van der Waals surface area contributed by atoms with Crippen molar-refractivity contribution in [3.63, 3.8) is 0 Å². The number of hydrazine groups is 1. The van der Waals surface area contributed by atoms with Gasteiger partial charge in [0, 0.05) is 24.7 Å². The van der Waals surface area contributed by atoms with Crippen LogP contribution in [0.3, 0.4) is 0 Å². The number of hydrogen-bond acceptors (Lipinski definition) is 5. The minimum atomic E-state index is -0.489. The normalized spacial score (nSPS) is 16.2. The third-order valence-electron chi connectivity index (χ3n) is 4.77. The highest BCUT2D eigenvalue weighted by molar-refractivity contribution is 5.65. The molecule has 3 aromatic rings. The van der Waals surface area contributed by atoms with E-state index in [9.17, 15) is 9.30 Å². The third kappa shape index (κ3) is 3.66. The van der Waals surface area contributed by atoms with E-state index < -0.39 is 5.82 Å². The monoisotopic (exact) mass is 379 g/mol. The summed E-state index contributed by atoms with van der Waals surface area (Å²) < 4.78 is 13.1. The van der Waals surface area contributed by atoms with Gasteiger partial charge in [0.25, 0.3) is 0 Å². The Morgan fingerprint density at radius 1 is 1.18 bits per heavy atom. The molecule has 0 bridgehead atoms. The highest BCUT2D eigenvalue weighted by Crippen LogP contribution is 2.26. The molecule has 0 amide bonds. The van der Waals surface area contributed by atoms with Crippen LogP contribution in [0.1, 0.15) is 18.4 Å². The maximum Gasteiger partial charge on any atom is 0.310 e. The largest absolute Gasteiger partial charge is 0.310 e. The molecular formula is C20H20FN6O+. The molecule has 1 aliphatic heterocycles. The topological polar surface area (TPSA) is 74.0 Å². The summed E-state index contributed by atoms with van der Waals surface area (Å²) in [6.45, 7) is 2.70. The Hall–Kier alpha value is -3.42. The summed E-state index contributed by atoms with van der Waals surface area (Å²) in [5.41, 5.74) is 5.21. The minimum absolute atomic E-state index is 0.346. The number of benzene rings is 1. The molecule has 1 saturated heterocycles. The number of halogens is 1. The van der Waals surface area contributed by atoms with Gasteiger partial charge in [0.1, 0.15) is 16.4 Å². The van der Waals surface area contributed by atoms with E-state index in [2.05, 4.69) is 20.4 Å². The molecule has 7 nitrogen and oxygen atoms in total. The Labute approximate surface area is 161 Å². The van der Waals surface area contributed by atoms with E-state index in [1.807, 2.05) is 42.2 Å². The van der Waals surface area contributed by atoms with E-state index in [1.165, 1.54) is 0 Å². The van der Waals surface area contributed by atoms with Gasteiger partial charge in [-0.2, -0.15) is 0 Å². The molecule has 0 radical (unpaired) electrons. The molecule has 2 aromatic heterocycles. The van der Waals surface area contributed by atoms with Crippen LogP contribution in [-0.2, 0) is 0 Å². The summed E-state index contributed by atoms with van der Waals surface area (Å²) in [7, 11) is 0. The number of pyridine rings is 1. The van der Waals surface area contributed by atoms with Crippen LogP contribution in [-0.4, -0.2) is 32.5 Å². The van der Waals surface area contributed by atoms with Crippen LogP contribution in [0.4, 0.5) is 15.9 Å². The zero-order valence-corrected chi connectivity index (χ0v) is 15.4. The van der Waals surface area contributed by atoms with Crippen molar-refractivity contribution < 1.29 is 9.26 Å². The van der Waals surface area contributed by atoms with Crippen LogP contribution in [0.15, 0.2) is 55.0 Å². The summed E-state index contributed by atoms with van der Waals surface area (Å²) in [6, 6.07) is 11.2. The van der Waals surface area contributed by atoms with Crippen LogP contribution in [0.5, 0.6) is 0 Å². The molecule has 0 aliphatic carbocycles. The number of anilines is 2. The number of nitrogens with zero attached hydrogens (tertiary/aromatic N) is 5. The van der Waals surface area contributed by atoms with Gasteiger partial charge >= 0.3 is 6.17 Å². The summed E-state index contributed by atoms with van der Waals surface area (Å²) >= 11 is 0. The average Bonchev–Trinajstić information content (AvgIpc) is 3.21. The van der Waals surface area contributed by atoms with E-state index >= 15 is 0 Å². The fraction of sp³-hybridized carbons (Fsp3) is 0.250. The Morgan fingerprint density at radius 3 is 2.75 bits per heavy atom. The number of hydrogen-bond donors (Lipinski definition) is 1. The van der Waals surface area contributed by atoms with Gasteiger partial charge in [-0.15, -0.1) is 5.43 Å². The SMILES string of the molecule is Cc1ccc(N[N+](=O)[C@@H]2CCCN2c2ccccn2)cc1-c1ncc(F)cn1. The molecular weight excluding hydrogens is 359 g/mol. The van der Waals surface area contributed by atoms with Crippen LogP contribution < -0.4 is 10.3 Å². The summed E-state index contributed by atoms with van der Waals surface area (Å²) in [6.07, 6.45) is 5.30. The van der Waals surface area contributed by atoms with Crippen molar-refractivity contribution in [2.45, 2.75) is 25.9 Å². The van der Waals surface area contributed by atoms with Crippen LogP contribution in [0.2, 0.25) is 0 Å². The molecule has 4 rings (SSSR count). The van der Waals surface area contributed by atoms with E-state index in [4.69, 9.17) is 0 Å². The Bertz CT molecular complexity index is 980. The molecule has 0 saturated carbocycles. The molecule has 0 unspecified atom stereocenters. The highest BCUT2D eigenvalue weighted by atomic mass is 19.1. The molecule has 1 aromatic carbocycles. The number of rotatable bonds is 5. The van der Waals surface area contributed by atoms with Crippen molar-refractivity contribution in [3.8, 4) is 11.4 Å². The zero-order chi connectivity index (χ0) is 19.5. The first-order chi connectivity index (χ1) is 13.6. The van der Waals surface area contributed by atoms with Crippen molar-refractivity contribution >= 4 is 11.5 Å². The van der Waals surface area contributed by atoms with E-state index in [0.717, 1.165) is 53.6 Å². The first-order valence-corrected chi connectivity index (χ1v) is 9.11. The van der Waals surface area contributed by atoms with E-state index in [-0.39, 0.29) is 6.17 Å². The summed E-state index contributed by atoms with van der Waals surface area (Å²) in [4.78, 5) is 28.1. The smallest absolute Gasteiger partial charge is 0.293 e.